The maximum Gasteiger partial charge on any atom is 0.184 e. The molecule has 130 valence electrons. The van der Waals surface area contributed by atoms with Gasteiger partial charge in [0, 0.05) is 0 Å². The van der Waals surface area contributed by atoms with E-state index >= 15 is 0 Å². The van der Waals surface area contributed by atoms with Crippen molar-refractivity contribution >= 4 is 9.84 Å². The van der Waals surface area contributed by atoms with Crippen molar-refractivity contribution in [1.29, 1.82) is 0 Å². The summed E-state index contributed by atoms with van der Waals surface area (Å²) >= 11 is 0. The smallest absolute Gasteiger partial charge is 0.184 e. The van der Waals surface area contributed by atoms with E-state index in [1.807, 2.05) is 13.1 Å². The molecule has 0 spiro atoms. The Morgan fingerprint density at radius 3 is 2.57 bits per heavy atom. The number of para-hydroxylation sites is 1. The molecule has 1 aromatic carbocycles. The molecular formula is C18H29NO3S. The molecule has 0 heterocycles. The Morgan fingerprint density at radius 1 is 1.09 bits per heavy atom. The van der Waals surface area contributed by atoms with E-state index < -0.39 is 9.84 Å². The first-order valence-electron chi connectivity index (χ1n) is 8.76. The van der Waals surface area contributed by atoms with E-state index in [0.29, 0.717) is 17.3 Å². The van der Waals surface area contributed by atoms with Crippen molar-refractivity contribution in [2.75, 3.05) is 20.2 Å². The number of nitrogens with one attached hydrogen (secondary N) is 1. The van der Waals surface area contributed by atoms with E-state index in [9.17, 15) is 8.42 Å². The van der Waals surface area contributed by atoms with Crippen LogP contribution in [0.2, 0.25) is 0 Å². The first-order chi connectivity index (χ1) is 11.2. The van der Waals surface area contributed by atoms with E-state index in [2.05, 4.69) is 5.32 Å². The Bertz CT molecular complexity index is 565. The highest BCUT2D eigenvalue weighted by Gasteiger charge is 2.31. The number of hydrogen-bond donors (Lipinski definition) is 1. The van der Waals surface area contributed by atoms with Gasteiger partial charge in [0.05, 0.1) is 11.9 Å². The summed E-state index contributed by atoms with van der Waals surface area (Å²) in [6.07, 6.45) is 7.87. The van der Waals surface area contributed by atoms with E-state index in [-0.39, 0.29) is 5.25 Å². The molecule has 2 rings (SSSR count). The van der Waals surface area contributed by atoms with Gasteiger partial charge in [0.1, 0.15) is 10.6 Å². The molecule has 1 fully saturated rings. The van der Waals surface area contributed by atoms with Crippen molar-refractivity contribution in [1.82, 2.24) is 5.32 Å². The molecule has 0 aromatic heterocycles. The van der Waals surface area contributed by atoms with Gasteiger partial charge in [0.25, 0.3) is 0 Å². The molecule has 0 amide bonds. The first kappa shape index (κ1) is 18.3. The fraction of sp³-hybridized carbons (Fsp3) is 0.667. The summed E-state index contributed by atoms with van der Waals surface area (Å²) < 4.78 is 31.6. The Balaban J connectivity index is 1.99. The SMILES string of the molecule is CNCCCCCOc1ccccc1S(=O)(=O)C1CCCCC1. The lowest BCUT2D eigenvalue weighted by molar-refractivity contribution is 0.297. The highest BCUT2D eigenvalue weighted by molar-refractivity contribution is 7.92. The molecule has 1 saturated carbocycles. The van der Waals surface area contributed by atoms with E-state index in [4.69, 9.17) is 4.74 Å². The third kappa shape index (κ3) is 5.21. The first-order valence-corrected chi connectivity index (χ1v) is 10.3. The fourth-order valence-electron chi connectivity index (χ4n) is 3.12. The van der Waals surface area contributed by atoms with Crippen LogP contribution in [0.4, 0.5) is 0 Å². The lowest BCUT2D eigenvalue weighted by Gasteiger charge is -2.23. The summed E-state index contributed by atoms with van der Waals surface area (Å²) in [5.41, 5.74) is 0. The van der Waals surface area contributed by atoms with Crippen molar-refractivity contribution in [3.05, 3.63) is 24.3 Å². The zero-order chi connectivity index (χ0) is 16.5. The van der Waals surface area contributed by atoms with Gasteiger partial charge in [-0.1, -0.05) is 31.4 Å². The molecular weight excluding hydrogens is 310 g/mol. The Hall–Kier alpha value is -1.07. The average molecular weight is 340 g/mol. The lowest BCUT2D eigenvalue weighted by Crippen LogP contribution is -2.24. The number of sulfone groups is 1. The molecule has 1 N–H and O–H groups in total. The van der Waals surface area contributed by atoms with Crippen LogP contribution in [0, 0.1) is 0 Å². The van der Waals surface area contributed by atoms with Crippen LogP contribution >= 0.6 is 0 Å². The minimum atomic E-state index is -3.28. The third-order valence-corrected chi connectivity index (χ3v) is 6.77. The molecule has 0 saturated heterocycles. The van der Waals surface area contributed by atoms with Crippen LogP contribution in [-0.4, -0.2) is 33.9 Å². The topological polar surface area (TPSA) is 55.4 Å². The number of ether oxygens (including phenoxy) is 1. The molecule has 1 aliphatic rings. The lowest BCUT2D eigenvalue weighted by atomic mass is 10.0. The summed E-state index contributed by atoms with van der Waals surface area (Å²) in [6, 6.07) is 7.11. The molecule has 0 bridgehead atoms. The largest absolute Gasteiger partial charge is 0.492 e. The molecule has 0 unspecified atom stereocenters. The van der Waals surface area contributed by atoms with Gasteiger partial charge < -0.3 is 10.1 Å². The quantitative estimate of drug-likeness (QED) is 0.699. The van der Waals surface area contributed by atoms with Gasteiger partial charge in [-0.05, 0) is 57.8 Å². The summed E-state index contributed by atoms with van der Waals surface area (Å²) in [7, 11) is -1.33. The van der Waals surface area contributed by atoms with Gasteiger partial charge >= 0.3 is 0 Å². The van der Waals surface area contributed by atoms with Gasteiger partial charge in [-0.15, -0.1) is 0 Å². The van der Waals surface area contributed by atoms with E-state index in [0.717, 1.165) is 57.9 Å². The summed E-state index contributed by atoms with van der Waals surface area (Å²) in [6.45, 7) is 1.58. The zero-order valence-corrected chi connectivity index (χ0v) is 14.9. The average Bonchev–Trinajstić information content (AvgIpc) is 2.59. The maximum atomic E-state index is 12.9. The maximum absolute atomic E-state index is 12.9. The van der Waals surface area contributed by atoms with Crippen LogP contribution in [0.15, 0.2) is 29.2 Å². The monoisotopic (exact) mass is 339 g/mol. The van der Waals surface area contributed by atoms with Gasteiger partial charge in [-0.3, -0.25) is 0 Å². The molecule has 1 aliphatic carbocycles. The zero-order valence-electron chi connectivity index (χ0n) is 14.1. The Labute approximate surface area is 140 Å². The second-order valence-corrected chi connectivity index (χ2v) is 8.46. The predicted molar refractivity (Wildman–Crippen MR) is 93.8 cm³/mol. The van der Waals surface area contributed by atoms with Crippen LogP contribution in [-0.2, 0) is 9.84 Å². The fourth-order valence-corrected chi connectivity index (χ4v) is 5.11. The highest BCUT2D eigenvalue weighted by atomic mass is 32.2. The van der Waals surface area contributed by atoms with Gasteiger partial charge in [0.15, 0.2) is 9.84 Å². The number of hydrogen-bond acceptors (Lipinski definition) is 4. The molecule has 0 atom stereocenters. The van der Waals surface area contributed by atoms with Crippen molar-refractivity contribution in [2.45, 2.75) is 61.5 Å². The molecule has 0 radical (unpaired) electrons. The summed E-state index contributed by atoms with van der Waals surface area (Å²) in [4.78, 5) is 0.377. The molecule has 1 aromatic rings. The van der Waals surface area contributed by atoms with Crippen molar-refractivity contribution in [3.8, 4) is 5.75 Å². The van der Waals surface area contributed by atoms with Crippen molar-refractivity contribution in [2.24, 2.45) is 0 Å². The van der Waals surface area contributed by atoms with Crippen LogP contribution in [0.25, 0.3) is 0 Å². The number of rotatable bonds is 9. The highest BCUT2D eigenvalue weighted by Crippen LogP contribution is 2.33. The van der Waals surface area contributed by atoms with Crippen LogP contribution < -0.4 is 10.1 Å². The second kappa shape index (κ2) is 9.28. The van der Waals surface area contributed by atoms with E-state index in [1.165, 1.54) is 0 Å². The summed E-state index contributed by atoms with van der Waals surface area (Å²) in [5.74, 6) is 0.520. The molecule has 0 aliphatic heterocycles. The van der Waals surface area contributed by atoms with Gasteiger partial charge in [0.2, 0.25) is 0 Å². The minimum absolute atomic E-state index is 0.239. The van der Waals surface area contributed by atoms with Crippen LogP contribution in [0.3, 0.4) is 0 Å². The number of benzene rings is 1. The standard InChI is InChI=1S/C18H29NO3S/c1-19-14-8-3-9-15-22-17-12-6-7-13-18(17)23(20,21)16-10-4-2-5-11-16/h6-7,12-13,16,19H,2-5,8-11,14-15H2,1H3. The normalized spacial score (nSPS) is 16.4. The Kier molecular flexibility index (Phi) is 7.37. The summed E-state index contributed by atoms with van der Waals surface area (Å²) in [5, 5.41) is 2.88. The number of unbranched alkanes of at least 4 members (excludes halogenated alkanes) is 2. The second-order valence-electron chi connectivity index (χ2n) is 6.26. The van der Waals surface area contributed by atoms with Crippen LogP contribution in [0.5, 0.6) is 5.75 Å². The molecule has 23 heavy (non-hydrogen) atoms. The van der Waals surface area contributed by atoms with Crippen molar-refractivity contribution in [3.63, 3.8) is 0 Å². The minimum Gasteiger partial charge on any atom is -0.492 e. The Morgan fingerprint density at radius 2 is 1.83 bits per heavy atom. The van der Waals surface area contributed by atoms with Crippen LogP contribution in [0.1, 0.15) is 51.4 Å². The van der Waals surface area contributed by atoms with Gasteiger partial charge in [-0.25, -0.2) is 8.42 Å². The molecule has 5 heteroatoms. The van der Waals surface area contributed by atoms with E-state index in [1.54, 1.807) is 18.2 Å². The predicted octanol–water partition coefficient (Wildman–Crippen LogP) is 3.56. The third-order valence-electron chi connectivity index (χ3n) is 4.48. The molecule has 4 nitrogen and oxygen atoms in total. The van der Waals surface area contributed by atoms with Crippen molar-refractivity contribution < 1.29 is 13.2 Å². The van der Waals surface area contributed by atoms with Gasteiger partial charge in [-0.2, -0.15) is 0 Å².